The predicted molar refractivity (Wildman–Crippen MR) is 104 cm³/mol. The summed E-state index contributed by atoms with van der Waals surface area (Å²) in [6.45, 7) is 0.721. The van der Waals surface area contributed by atoms with Gasteiger partial charge in [0.2, 0.25) is 5.88 Å². The van der Waals surface area contributed by atoms with Crippen molar-refractivity contribution >= 4 is 9.84 Å². The Morgan fingerprint density at radius 2 is 1.52 bits per heavy atom. The minimum Gasteiger partial charge on any atom is -0.481 e. The van der Waals surface area contributed by atoms with Crippen LogP contribution >= 0.6 is 0 Å². The van der Waals surface area contributed by atoms with Gasteiger partial charge in [0.15, 0.2) is 9.84 Å². The second-order valence-electron chi connectivity index (χ2n) is 6.63. The molecule has 0 saturated heterocycles. The molecule has 0 spiro atoms. The summed E-state index contributed by atoms with van der Waals surface area (Å²) >= 11 is 0. The molecule has 0 bridgehead atoms. The molecule has 0 unspecified atom stereocenters. The van der Waals surface area contributed by atoms with E-state index in [9.17, 15) is 21.6 Å². The Hall–Kier alpha value is -2.87. The van der Waals surface area contributed by atoms with Crippen LogP contribution in [0.1, 0.15) is 12.6 Å². The number of sulfone groups is 1. The first kappa shape index (κ1) is 20.9. The van der Waals surface area contributed by atoms with E-state index >= 15 is 0 Å². The Balaban J connectivity index is 2.33. The van der Waals surface area contributed by atoms with Gasteiger partial charge < -0.3 is 4.74 Å². The van der Waals surface area contributed by atoms with Crippen LogP contribution in [-0.2, 0) is 15.8 Å². The maximum absolute atomic E-state index is 14.4. The molecule has 8 heteroatoms. The van der Waals surface area contributed by atoms with Crippen molar-refractivity contribution in [1.82, 2.24) is 4.98 Å². The van der Waals surface area contributed by atoms with Gasteiger partial charge in [0.25, 0.3) is 5.92 Å². The third-order valence-corrected chi connectivity index (χ3v) is 5.48. The summed E-state index contributed by atoms with van der Waals surface area (Å²) in [5.74, 6) is -3.83. The Labute approximate surface area is 166 Å². The van der Waals surface area contributed by atoms with Crippen molar-refractivity contribution in [3.8, 4) is 28.1 Å². The highest BCUT2D eigenvalue weighted by Crippen LogP contribution is 2.42. The molecule has 0 aliphatic heterocycles. The predicted octanol–water partition coefficient (Wildman–Crippen LogP) is 5.08. The summed E-state index contributed by atoms with van der Waals surface area (Å²) < 4.78 is 70.8. The number of alkyl halides is 2. The standard InChI is InChI=1S/C21H18F3NO3S/c1-21(23,24)20-19(14-4-8-15(22)9-5-14)17(12-18(25-20)28-2)13-6-10-16(11-7-13)29(3,26)27/h4-12H,1-3H3. The zero-order valence-electron chi connectivity index (χ0n) is 15.9. The fourth-order valence-corrected chi connectivity index (χ4v) is 3.59. The third-order valence-electron chi connectivity index (χ3n) is 4.35. The Kier molecular flexibility index (Phi) is 5.40. The molecule has 1 aromatic heterocycles. The van der Waals surface area contributed by atoms with E-state index in [0.717, 1.165) is 13.2 Å². The topological polar surface area (TPSA) is 56.3 Å². The van der Waals surface area contributed by atoms with Crippen LogP contribution < -0.4 is 4.74 Å². The zero-order chi connectivity index (χ0) is 21.4. The monoisotopic (exact) mass is 421 g/mol. The number of pyridine rings is 1. The maximum Gasteiger partial charge on any atom is 0.287 e. The molecular formula is C21H18F3NO3S. The van der Waals surface area contributed by atoms with E-state index in [-0.39, 0.29) is 16.3 Å². The molecule has 2 aromatic carbocycles. The summed E-state index contributed by atoms with van der Waals surface area (Å²) in [4.78, 5) is 4.05. The molecule has 0 radical (unpaired) electrons. The Morgan fingerprint density at radius 3 is 2.00 bits per heavy atom. The molecule has 3 aromatic rings. The first-order chi connectivity index (χ1) is 13.5. The summed E-state index contributed by atoms with van der Waals surface area (Å²) in [7, 11) is -2.10. The third kappa shape index (κ3) is 4.42. The smallest absolute Gasteiger partial charge is 0.287 e. The van der Waals surface area contributed by atoms with Gasteiger partial charge in [-0.25, -0.2) is 17.8 Å². The van der Waals surface area contributed by atoms with Gasteiger partial charge >= 0.3 is 0 Å². The number of ether oxygens (including phenoxy) is 1. The fraction of sp³-hybridized carbons (Fsp3) is 0.190. The highest BCUT2D eigenvalue weighted by atomic mass is 32.2. The van der Waals surface area contributed by atoms with Gasteiger partial charge in [-0.15, -0.1) is 0 Å². The number of methoxy groups -OCH3 is 1. The van der Waals surface area contributed by atoms with Gasteiger partial charge in [-0.3, -0.25) is 0 Å². The summed E-state index contributed by atoms with van der Waals surface area (Å²) in [5, 5.41) is 0. The van der Waals surface area contributed by atoms with E-state index in [4.69, 9.17) is 4.74 Å². The van der Waals surface area contributed by atoms with Gasteiger partial charge in [-0.05, 0) is 41.0 Å². The molecule has 152 valence electrons. The molecule has 1 heterocycles. The van der Waals surface area contributed by atoms with Gasteiger partial charge in [-0.1, -0.05) is 24.3 Å². The second kappa shape index (κ2) is 7.51. The first-order valence-corrected chi connectivity index (χ1v) is 10.4. The average Bonchev–Trinajstić information content (AvgIpc) is 2.66. The van der Waals surface area contributed by atoms with Crippen LogP contribution in [0.25, 0.3) is 22.3 Å². The highest BCUT2D eigenvalue weighted by Gasteiger charge is 2.33. The number of halogens is 3. The van der Waals surface area contributed by atoms with E-state index in [1.165, 1.54) is 61.7 Å². The van der Waals surface area contributed by atoms with Crippen LogP contribution in [0.3, 0.4) is 0 Å². The van der Waals surface area contributed by atoms with Gasteiger partial charge in [0.1, 0.15) is 11.5 Å². The van der Waals surface area contributed by atoms with Crippen LogP contribution in [0, 0.1) is 5.82 Å². The highest BCUT2D eigenvalue weighted by molar-refractivity contribution is 7.90. The van der Waals surface area contributed by atoms with Gasteiger partial charge in [-0.2, -0.15) is 8.78 Å². The van der Waals surface area contributed by atoms with E-state index in [1.54, 1.807) is 0 Å². The maximum atomic E-state index is 14.4. The first-order valence-electron chi connectivity index (χ1n) is 8.54. The molecular weight excluding hydrogens is 403 g/mol. The van der Waals surface area contributed by atoms with Crippen molar-refractivity contribution in [3.63, 3.8) is 0 Å². The summed E-state index contributed by atoms with van der Waals surface area (Å²) in [5.41, 5.74) is 0.791. The second-order valence-corrected chi connectivity index (χ2v) is 8.64. The fourth-order valence-electron chi connectivity index (χ4n) is 2.96. The molecule has 29 heavy (non-hydrogen) atoms. The minimum atomic E-state index is -3.41. The lowest BCUT2D eigenvalue weighted by atomic mass is 9.91. The van der Waals surface area contributed by atoms with Crippen molar-refractivity contribution in [2.45, 2.75) is 17.7 Å². The largest absolute Gasteiger partial charge is 0.481 e. The molecule has 0 fully saturated rings. The van der Waals surface area contributed by atoms with Crippen molar-refractivity contribution in [3.05, 3.63) is 66.1 Å². The minimum absolute atomic E-state index is 0.0189. The van der Waals surface area contributed by atoms with E-state index in [0.29, 0.717) is 16.7 Å². The van der Waals surface area contributed by atoms with Gasteiger partial charge in [0.05, 0.1) is 12.0 Å². The molecule has 0 aliphatic rings. The van der Waals surface area contributed by atoms with Crippen molar-refractivity contribution in [2.24, 2.45) is 0 Å². The van der Waals surface area contributed by atoms with Crippen LogP contribution in [0.15, 0.2) is 59.5 Å². The molecule has 0 atom stereocenters. The normalized spacial score (nSPS) is 12.1. The number of hydrogen-bond acceptors (Lipinski definition) is 4. The molecule has 0 amide bonds. The lowest BCUT2D eigenvalue weighted by Gasteiger charge is -2.20. The Morgan fingerprint density at radius 1 is 0.966 bits per heavy atom. The SMILES string of the molecule is COc1cc(-c2ccc(S(C)(=O)=O)cc2)c(-c2ccc(F)cc2)c(C(C)(F)F)n1. The number of rotatable bonds is 5. The quantitative estimate of drug-likeness (QED) is 0.577. The summed E-state index contributed by atoms with van der Waals surface area (Å²) in [6.07, 6.45) is 1.08. The summed E-state index contributed by atoms with van der Waals surface area (Å²) in [6, 6.07) is 12.5. The van der Waals surface area contributed by atoms with Crippen LogP contribution in [0.2, 0.25) is 0 Å². The van der Waals surface area contributed by atoms with Crippen LogP contribution in [0.4, 0.5) is 13.2 Å². The lowest BCUT2D eigenvalue weighted by molar-refractivity contribution is 0.0129. The molecule has 4 nitrogen and oxygen atoms in total. The van der Waals surface area contributed by atoms with E-state index in [2.05, 4.69) is 4.98 Å². The average molecular weight is 421 g/mol. The number of hydrogen-bond donors (Lipinski definition) is 0. The molecule has 0 saturated carbocycles. The number of benzene rings is 2. The molecule has 3 rings (SSSR count). The molecule has 0 N–H and O–H groups in total. The van der Waals surface area contributed by atoms with Gasteiger partial charge in [0, 0.05) is 24.8 Å². The van der Waals surface area contributed by atoms with E-state index < -0.39 is 27.3 Å². The van der Waals surface area contributed by atoms with Crippen molar-refractivity contribution < 1.29 is 26.3 Å². The lowest BCUT2D eigenvalue weighted by Crippen LogP contribution is -2.13. The Bertz CT molecular complexity index is 1140. The van der Waals surface area contributed by atoms with Crippen LogP contribution in [-0.4, -0.2) is 26.8 Å². The van der Waals surface area contributed by atoms with E-state index in [1.807, 2.05) is 0 Å². The number of aromatic nitrogens is 1. The van der Waals surface area contributed by atoms with Crippen LogP contribution in [0.5, 0.6) is 5.88 Å². The zero-order valence-corrected chi connectivity index (χ0v) is 16.7. The van der Waals surface area contributed by atoms with Crippen molar-refractivity contribution in [2.75, 3.05) is 13.4 Å². The molecule has 0 aliphatic carbocycles. The van der Waals surface area contributed by atoms with Crippen molar-refractivity contribution in [1.29, 1.82) is 0 Å². The number of nitrogens with zero attached hydrogens (tertiary/aromatic N) is 1.